The smallest absolute Gasteiger partial charge is 0.297 e. The maximum atomic E-state index is 12.6. The Morgan fingerprint density at radius 1 is 0.930 bits per heavy atom. The van der Waals surface area contributed by atoms with E-state index in [-0.39, 0.29) is 18.0 Å². The molecule has 0 aromatic heterocycles. The molecule has 0 unspecified atom stereocenters. The molecular weight excluding hydrogens is 624 g/mol. The van der Waals surface area contributed by atoms with Gasteiger partial charge in [0, 0.05) is 11.6 Å². The second-order valence-corrected chi connectivity index (χ2v) is 13.5. The Kier molecular flexibility index (Phi) is 10.8. The van der Waals surface area contributed by atoms with Gasteiger partial charge < -0.3 is 24.8 Å². The molecule has 1 heterocycles. The standard InChI is InChI=1S/C28H33ClN2O10S2/c1-17-2-9-22(10-3-17)42(35,36)40-16-24-25(32)26(33)27(34)28(41-24)19-6-11-23(29)20(15-19)14-18-4-7-21(8-5-18)39-13-12-31-43(30,37)38/h2-11,15,24-28,31-34H,12-14,16H2,1H3,(H2,30,37,38)/t24-,25-,26+,27-,28+/m1/s1. The van der Waals surface area contributed by atoms with E-state index in [1.165, 1.54) is 12.1 Å². The zero-order chi connectivity index (χ0) is 31.4. The van der Waals surface area contributed by atoms with Crippen molar-refractivity contribution in [1.29, 1.82) is 0 Å². The Morgan fingerprint density at radius 2 is 1.60 bits per heavy atom. The van der Waals surface area contributed by atoms with Crippen molar-refractivity contribution in [2.75, 3.05) is 19.8 Å². The number of aliphatic hydroxyl groups is 3. The molecule has 234 valence electrons. The monoisotopic (exact) mass is 656 g/mol. The van der Waals surface area contributed by atoms with Gasteiger partial charge in [-0.1, -0.05) is 53.6 Å². The number of hydrogen-bond acceptors (Lipinski definition) is 10. The number of hydrogen-bond donors (Lipinski definition) is 5. The number of aryl methyl sites for hydroxylation is 1. The lowest BCUT2D eigenvalue weighted by Crippen LogP contribution is -2.55. The van der Waals surface area contributed by atoms with Gasteiger partial charge in [0.25, 0.3) is 20.3 Å². The van der Waals surface area contributed by atoms with Crippen LogP contribution in [0.3, 0.4) is 0 Å². The topological polar surface area (TPSA) is 195 Å². The zero-order valence-corrected chi connectivity index (χ0v) is 25.4. The van der Waals surface area contributed by atoms with Gasteiger partial charge in [-0.05, 0) is 60.4 Å². The minimum atomic E-state index is -4.17. The molecule has 0 saturated carbocycles. The lowest BCUT2D eigenvalue weighted by molar-refractivity contribution is -0.229. The van der Waals surface area contributed by atoms with Crippen LogP contribution >= 0.6 is 11.6 Å². The summed E-state index contributed by atoms with van der Waals surface area (Å²) in [6.45, 7) is 1.31. The van der Waals surface area contributed by atoms with Gasteiger partial charge in [0.15, 0.2) is 0 Å². The Bertz CT molecular complexity index is 1600. The number of aliphatic hydroxyl groups excluding tert-OH is 3. The SMILES string of the molecule is Cc1ccc(S(=O)(=O)OC[C@H]2O[C@@H](c3ccc(Cl)c(Cc4ccc(OCCNS(N)(=O)=O)cc4)c3)[C@H](O)[C@@H](O)[C@@H]2O)cc1. The zero-order valence-electron chi connectivity index (χ0n) is 23.0. The number of nitrogens with two attached hydrogens (primary N) is 1. The Balaban J connectivity index is 1.43. The first-order valence-corrected chi connectivity index (χ1v) is 16.5. The predicted octanol–water partition coefficient (Wildman–Crippen LogP) is 1.34. The highest BCUT2D eigenvalue weighted by atomic mass is 35.5. The van der Waals surface area contributed by atoms with Gasteiger partial charge in [-0.25, -0.2) is 5.14 Å². The molecule has 0 spiro atoms. The molecule has 3 aromatic carbocycles. The summed E-state index contributed by atoms with van der Waals surface area (Å²) < 4.78 is 65.8. The summed E-state index contributed by atoms with van der Waals surface area (Å²) in [5.74, 6) is 0.517. The van der Waals surface area contributed by atoms with Crippen molar-refractivity contribution in [2.24, 2.45) is 5.14 Å². The molecule has 6 N–H and O–H groups in total. The summed E-state index contributed by atoms with van der Waals surface area (Å²) in [6, 6.07) is 18.0. The maximum Gasteiger partial charge on any atom is 0.297 e. The number of benzene rings is 3. The molecule has 3 aromatic rings. The Morgan fingerprint density at radius 3 is 2.26 bits per heavy atom. The van der Waals surface area contributed by atoms with E-state index in [4.69, 9.17) is 30.4 Å². The van der Waals surface area contributed by atoms with Gasteiger partial charge in [-0.2, -0.15) is 21.6 Å². The lowest BCUT2D eigenvalue weighted by Gasteiger charge is -2.40. The van der Waals surface area contributed by atoms with E-state index in [2.05, 4.69) is 4.72 Å². The highest BCUT2D eigenvalue weighted by molar-refractivity contribution is 7.87. The molecule has 0 radical (unpaired) electrons. The molecule has 1 aliphatic heterocycles. The fourth-order valence-corrected chi connectivity index (χ4v) is 5.95. The molecule has 0 aliphatic carbocycles. The molecule has 1 saturated heterocycles. The van der Waals surface area contributed by atoms with Crippen molar-refractivity contribution in [3.05, 3.63) is 94.0 Å². The number of nitrogens with one attached hydrogen (secondary N) is 1. The van der Waals surface area contributed by atoms with Crippen molar-refractivity contribution in [3.8, 4) is 5.75 Å². The molecule has 1 fully saturated rings. The molecule has 4 rings (SSSR count). The van der Waals surface area contributed by atoms with Crippen LogP contribution in [-0.2, 0) is 35.7 Å². The van der Waals surface area contributed by atoms with Gasteiger partial charge in [-0.15, -0.1) is 0 Å². The summed E-state index contributed by atoms with van der Waals surface area (Å²) in [4.78, 5) is -0.0680. The highest BCUT2D eigenvalue weighted by Gasteiger charge is 2.45. The van der Waals surface area contributed by atoms with E-state index in [0.717, 1.165) is 11.1 Å². The maximum absolute atomic E-state index is 12.6. The van der Waals surface area contributed by atoms with Crippen LogP contribution in [0, 0.1) is 6.92 Å². The van der Waals surface area contributed by atoms with Crippen LogP contribution in [0.15, 0.2) is 71.6 Å². The normalized spacial score (nSPS) is 22.8. The van der Waals surface area contributed by atoms with Gasteiger partial charge in [-0.3, -0.25) is 4.18 Å². The summed E-state index contributed by atoms with van der Waals surface area (Å²) in [5.41, 5.74) is 2.86. The third-order valence-corrected chi connectivity index (χ3v) is 9.07. The third-order valence-electron chi connectivity index (χ3n) is 6.80. The predicted molar refractivity (Wildman–Crippen MR) is 157 cm³/mol. The first kappa shape index (κ1) is 33.3. The molecule has 0 amide bonds. The average Bonchev–Trinajstić information content (AvgIpc) is 2.95. The fraction of sp³-hybridized carbons (Fsp3) is 0.357. The summed E-state index contributed by atoms with van der Waals surface area (Å²) in [5, 5.41) is 37.1. The molecule has 1 aliphatic rings. The van der Waals surface area contributed by atoms with E-state index in [1.807, 2.05) is 6.92 Å². The van der Waals surface area contributed by atoms with E-state index in [1.54, 1.807) is 54.6 Å². The van der Waals surface area contributed by atoms with Crippen LogP contribution in [0.5, 0.6) is 5.75 Å². The minimum absolute atomic E-state index is 0.0132. The van der Waals surface area contributed by atoms with E-state index in [9.17, 15) is 32.2 Å². The number of ether oxygens (including phenoxy) is 2. The first-order chi connectivity index (χ1) is 20.2. The third kappa shape index (κ3) is 8.95. The van der Waals surface area contributed by atoms with Crippen molar-refractivity contribution in [3.63, 3.8) is 0 Å². The van der Waals surface area contributed by atoms with Crippen molar-refractivity contribution in [2.45, 2.75) is 48.8 Å². The summed E-state index contributed by atoms with van der Waals surface area (Å²) in [6.07, 6.45) is -6.77. The Labute approximate surface area is 255 Å². The van der Waals surface area contributed by atoms with E-state index in [0.29, 0.717) is 28.3 Å². The molecule has 12 nitrogen and oxygen atoms in total. The van der Waals surface area contributed by atoms with Gasteiger partial charge in [0.05, 0.1) is 11.5 Å². The molecule has 43 heavy (non-hydrogen) atoms. The quantitative estimate of drug-likeness (QED) is 0.140. The van der Waals surface area contributed by atoms with Crippen LogP contribution in [0.25, 0.3) is 0 Å². The van der Waals surface area contributed by atoms with Crippen molar-refractivity contribution in [1.82, 2.24) is 4.72 Å². The van der Waals surface area contributed by atoms with Crippen molar-refractivity contribution < 1.29 is 45.8 Å². The van der Waals surface area contributed by atoms with Crippen LogP contribution in [0.1, 0.15) is 28.4 Å². The number of rotatable bonds is 12. The molecule has 5 atom stereocenters. The number of halogens is 1. The largest absolute Gasteiger partial charge is 0.492 e. The summed E-state index contributed by atoms with van der Waals surface area (Å²) in [7, 11) is -7.96. The van der Waals surface area contributed by atoms with Crippen LogP contribution in [0.4, 0.5) is 0 Å². The van der Waals surface area contributed by atoms with E-state index >= 15 is 0 Å². The van der Waals surface area contributed by atoms with Gasteiger partial charge in [0.1, 0.15) is 42.9 Å². The molecule has 0 bridgehead atoms. The van der Waals surface area contributed by atoms with Gasteiger partial charge in [0.2, 0.25) is 0 Å². The fourth-order valence-electron chi connectivity index (χ4n) is 4.48. The molecule has 15 heteroatoms. The summed E-state index contributed by atoms with van der Waals surface area (Å²) >= 11 is 6.45. The van der Waals surface area contributed by atoms with E-state index < -0.39 is 57.5 Å². The van der Waals surface area contributed by atoms with Crippen LogP contribution < -0.4 is 14.6 Å². The highest BCUT2D eigenvalue weighted by Crippen LogP contribution is 2.35. The second-order valence-electron chi connectivity index (χ2n) is 10.1. The van der Waals surface area contributed by atoms with Crippen LogP contribution in [-0.4, -0.2) is 76.3 Å². The lowest BCUT2D eigenvalue weighted by atomic mass is 9.90. The van der Waals surface area contributed by atoms with Crippen LogP contribution in [0.2, 0.25) is 5.02 Å². The van der Waals surface area contributed by atoms with Crippen molar-refractivity contribution >= 4 is 31.9 Å². The first-order valence-electron chi connectivity index (χ1n) is 13.2. The average molecular weight is 657 g/mol. The Hall–Kier alpha value is -2.63. The molecular formula is C28H33ClN2O10S2. The second kappa shape index (κ2) is 14.0. The minimum Gasteiger partial charge on any atom is -0.492 e. The van der Waals surface area contributed by atoms with Gasteiger partial charge >= 0.3 is 0 Å².